The molecule has 1 aliphatic carbocycles. The topological polar surface area (TPSA) is 95.5 Å². The number of rotatable bonds is 6. The third-order valence-electron chi connectivity index (χ3n) is 5.21. The van der Waals surface area contributed by atoms with Gasteiger partial charge in [0.2, 0.25) is 0 Å². The highest BCUT2D eigenvalue weighted by Crippen LogP contribution is 2.41. The van der Waals surface area contributed by atoms with Gasteiger partial charge in [-0.05, 0) is 41.8 Å². The summed E-state index contributed by atoms with van der Waals surface area (Å²) < 4.78 is 0. The Morgan fingerprint density at radius 1 is 0.806 bits per heavy atom. The van der Waals surface area contributed by atoms with Gasteiger partial charge in [-0.25, -0.2) is 4.79 Å². The van der Waals surface area contributed by atoms with Crippen molar-refractivity contribution >= 4 is 40.8 Å². The number of hydrogen-bond acceptors (Lipinski definition) is 3. The van der Waals surface area contributed by atoms with Crippen LogP contribution in [0.4, 0.5) is 16.2 Å². The Bertz CT molecular complexity index is 1140. The van der Waals surface area contributed by atoms with Crippen LogP contribution < -0.4 is 10.6 Å². The Morgan fingerprint density at radius 3 is 2.00 bits per heavy atom. The van der Waals surface area contributed by atoms with Crippen LogP contribution in [-0.2, 0) is 4.79 Å². The number of aliphatic carboxylic acids is 1. The molecular weight excluding hydrogens is 416 g/mol. The number of hydrogen-bond donors (Lipinski definition) is 3. The lowest BCUT2D eigenvalue weighted by atomic mass is 10.0. The largest absolute Gasteiger partial charge is 0.481 e. The van der Waals surface area contributed by atoms with E-state index in [0.717, 1.165) is 11.1 Å². The van der Waals surface area contributed by atoms with E-state index in [1.165, 1.54) is 0 Å². The van der Waals surface area contributed by atoms with E-state index < -0.39 is 23.8 Å². The second-order valence-corrected chi connectivity index (χ2v) is 7.77. The van der Waals surface area contributed by atoms with Gasteiger partial charge in [-0.2, -0.15) is 0 Å². The van der Waals surface area contributed by atoms with Gasteiger partial charge in [-0.15, -0.1) is 0 Å². The van der Waals surface area contributed by atoms with E-state index in [-0.39, 0.29) is 5.78 Å². The van der Waals surface area contributed by atoms with Gasteiger partial charge in [0.05, 0.1) is 16.6 Å². The first-order valence-corrected chi connectivity index (χ1v) is 10.1. The van der Waals surface area contributed by atoms with E-state index >= 15 is 0 Å². The first-order chi connectivity index (χ1) is 14.9. The fourth-order valence-electron chi connectivity index (χ4n) is 3.39. The molecule has 6 nitrogen and oxygen atoms in total. The van der Waals surface area contributed by atoms with E-state index in [4.69, 9.17) is 16.7 Å². The Hall–Kier alpha value is -3.64. The fourth-order valence-corrected chi connectivity index (χ4v) is 3.57. The summed E-state index contributed by atoms with van der Waals surface area (Å²) in [6.07, 6.45) is 0.411. The summed E-state index contributed by atoms with van der Waals surface area (Å²) >= 11 is 6.04. The Labute approximate surface area is 183 Å². The number of anilines is 2. The number of urea groups is 1. The molecule has 3 N–H and O–H groups in total. The molecule has 0 bridgehead atoms. The normalized spacial score (nSPS) is 16.9. The molecule has 1 saturated carbocycles. The van der Waals surface area contributed by atoms with E-state index in [1.54, 1.807) is 48.5 Å². The average Bonchev–Trinajstić information content (AvgIpc) is 3.57. The van der Waals surface area contributed by atoms with Crippen molar-refractivity contribution in [2.45, 2.75) is 6.42 Å². The van der Waals surface area contributed by atoms with Crippen molar-refractivity contribution in [1.82, 2.24) is 0 Å². The highest BCUT2D eigenvalue weighted by Gasteiger charge is 2.48. The molecule has 2 amide bonds. The molecule has 0 aliphatic heterocycles. The lowest BCUT2D eigenvalue weighted by Gasteiger charge is -2.10. The number of Topliss-reactive ketones (excluding diaryl/α,β-unsaturated/α-hetero) is 1. The van der Waals surface area contributed by atoms with E-state index in [1.807, 2.05) is 24.3 Å². The molecule has 2 unspecified atom stereocenters. The quantitative estimate of drug-likeness (QED) is 0.443. The molecule has 1 aliphatic rings. The van der Waals surface area contributed by atoms with Gasteiger partial charge in [-0.3, -0.25) is 9.59 Å². The second-order valence-electron chi connectivity index (χ2n) is 7.36. The minimum Gasteiger partial charge on any atom is -0.481 e. The lowest BCUT2D eigenvalue weighted by Crippen LogP contribution is -2.19. The van der Waals surface area contributed by atoms with Crippen LogP contribution in [0.1, 0.15) is 16.8 Å². The van der Waals surface area contributed by atoms with Gasteiger partial charge < -0.3 is 15.7 Å². The van der Waals surface area contributed by atoms with Crippen LogP contribution in [0.25, 0.3) is 11.1 Å². The molecule has 1 fully saturated rings. The molecule has 31 heavy (non-hydrogen) atoms. The van der Waals surface area contributed by atoms with Crippen molar-refractivity contribution in [3.05, 3.63) is 83.4 Å². The minimum atomic E-state index is -0.913. The maximum absolute atomic E-state index is 12.4. The molecule has 0 spiro atoms. The zero-order valence-electron chi connectivity index (χ0n) is 16.3. The highest BCUT2D eigenvalue weighted by atomic mass is 35.5. The summed E-state index contributed by atoms with van der Waals surface area (Å²) in [5.74, 6) is -2.00. The van der Waals surface area contributed by atoms with Crippen molar-refractivity contribution in [2.75, 3.05) is 10.6 Å². The SMILES string of the molecule is O=C(Nc1ccc(-c2ccc(C(=O)C3CC3C(=O)O)cc2)cc1)Nc1ccccc1Cl. The van der Waals surface area contributed by atoms with Crippen LogP contribution in [0, 0.1) is 11.8 Å². The number of amides is 2. The first kappa shape index (κ1) is 20.6. The van der Waals surface area contributed by atoms with Crippen molar-refractivity contribution in [3.63, 3.8) is 0 Å². The first-order valence-electron chi connectivity index (χ1n) is 9.72. The van der Waals surface area contributed by atoms with E-state index in [0.29, 0.717) is 28.4 Å². The van der Waals surface area contributed by atoms with Gasteiger partial charge in [0.15, 0.2) is 5.78 Å². The summed E-state index contributed by atoms with van der Waals surface area (Å²) in [4.78, 5) is 35.5. The van der Waals surface area contributed by atoms with Crippen LogP contribution in [0.3, 0.4) is 0 Å². The summed E-state index contributed by atoms with van der Waals surface area (Å²) in [5.41, 5.74) is 3.49. The molecule has 2 atom stereocenters. The predicted octanol–water partition coefficient (Wildman–Crippen LogP) is 5.55. The number of carbonyl (C=O) groups is 3. The number of halogens is 1. The highest BCUT2D eigenvalue weighted by molar-refractivity contribution is 6.33. The molecular formula is C24H19ClN2O4. The van der Waals surface area contributed by atoms with Crippen LogP contribution in [0.15, 0.2) is 72.8 Å². The predicted molar refractivity (Wildman–Crippen MR) is 120 cm³/mol. The summed E-state index contributed by atoms with van der Waals surface area (Å²) in [6, 6.07) is 21.0. The van der Waals surface area contributed by atoms with Gasteiger partial charge in [-0.1, -0.05) is 60.1 Å². The second kappa shape index (κ2) is 8.62. The number of ketones is 1. The van der Waals surface area contributed by atoms with Crippen molar-refractivity contribution in [3.8, 4) is 11.1 Å². The Kier molecular flexibility index (Phi) is 5.73. The molecule has 7 heteroatoms. The van der Waals surface area contributed by atoms with Crippen LogP contribution in [0.2, 0.25) is 5.02 Å². The number of carboxylic acids is 1. The van der Waals surface area contributed by atoms with E-state index in [2.05, 4.69) is 10.6 Å². The molecule has 0 saturated heterocycles. The smallest absolute Gasteiger partial charge is 0.323 e. The third kappa shape index (κ3) is 4.75. The maximum Gasteiger partial charge on any atom is 0.323 e. The van der Waals surface area contributed by atoms with Crippen molar-refractivity contribution in [2.24, 2.45) is 11.8 Å². The zero-order chi connectivity index (χ0) is 22.0. The number of benzene rings is 3. The molecule has 156 valence electrons. The number of carbonyl (C=O) groups excluding carboxylic acids is 2. The minimum absolute atomic E-state index is 0.122. The number of nitrogens with one attached hydrogen (secondary N) is 2. The average molecular weight is 435 g/mol. The third-order valence-corrected chi connectivity index (χ3v) is 5.54. The van der Waals surface area contributed by atoms with Gasteiger partial charge >= 0.3 is 12.0 Å². The van der Waals surface area contributed by atoms with Gasteiger partial charge in [0.1, 0.15) is 0 Å². The molecule has 3 aromatic carbocycles. The van der Waals surface area contributed by atoms with Crippen LogP contribution in [0.5, 0.6) is 0 Å². The van der Waals surface area contributed by atoms with E-state index in [9.17, 15) is 14.4 Å². The fraction of sp³-hybridized carbons (Fsp3) is 0.125. The molecule has 3 aromatic rings. The standard InChI is InChI=1S/C24H19ClN2O4/c25-20-3-1-2-4-21(20)27-24(31)26-17-11-9-15(10-12-17)14-5-7-16(8-6-14)22(28)18-13-19(18)23(29)30/h1-12,18-19H,13H2,(H,29,30)(H2,26,27,31). The van der Waals surface area contributed by atoms with Gasteiger partial charge in [0.25, 0.3) is 0 Å². The lowest BCUT2D eigenvalue weighted by molar-refractivity contribution is -0.138. The van der Waals surface area contributed by atoms with Crippen LogP contribution >= 0.6 is 11.6 Å². The van der Waals surface area contributed by atoms with Gasteiger partial charge in [0, 0.05) is 17.2 Å². The summed E-state index contributed by atoms with van der Waals surface area (Å²) in [7, 11) is 0. The molecule has 0 radical (unpaired) electrons. The molecule has 0 heterocycles. The molecule has 0 aromatic heterocycles. The molecule has 4 rings (SSSR count). The number of para-hydroxylation sites is 1. The number of carboxylic acid groups (broad SMARTS) is 1. The zero-order valence-corrected chi connectivity index (χ0v) is 17.1. The monoisotopic (exact) mass is 434 g/mol. The Morgan fingerprint density at radius 2 is 1.42 bits per heavy atom. The Balaban J connectivity index is 1.38. The van der Waals surface area contributed by atoms with Crippen molar-refractivity contribution < 1.29 is 19.5 Å². The maximum atomic E-state index is 12.4. The van der Waals surface area contributed by atoms with Crippen LogP contribution in [-0.4, -0.2) is 22.9 Å². The summed E-state index contributed by atoms with van der Waals surface area (Å²) in [5, 5.41) is 14.9. The van der Waals surface area contributed by atoms with Crippen molar-refractivity contribution in [1.29, 1.82) is 0 Å². The summed E-state index contributed by atoms with van der Waals surface area (Å²) in [6.45, 7) is 0.